The molecule has 0 aliphatic heterocycles. The molecule has 0 saturated heterocycles. The molecule has 372 valence electrons. The fraction of sp³-hybridized carbons (Fsp3) is 0.0282. The maximum Gasteiger partial charge on any atom is 0.145 e. The average Bonchev–Trinajstić information content (AvgIpc) is 4.45. The molecule has 0 atom stereocenters. The summed E-state index contributed by atoms with van der Waals surface area (Å²) in [6.45, 7) is 4.15. The van der Waals surface area contributed by atoms with E-state index in [-0.39, 0.29) is 0 Å². The zero-order valence-electron chi connectivity index (χ0n) is 43.3. The number of aromatic nitrogens is 8. The third kappa shape index (κ3) is 7.80. The van der Waals surface area contributed by atoms with Crippen LogP contribution >= 0.6 is 0 Å². The average molecular weight is 1010 g/mol. The standard InChI is InChI=1S/C71H48N8/c1-45-39-58(47-21-6-3-7-22-47)56-37-38-57-59(40-46(2)73-68(57)67(56)72-45)49-24-20-23-48(41-49)55-29-12-16-33-63(55)79-66-36-19-15-32-62(66)76-71(79)52-43-50(69-74-60-30-13-17-34-64(60)77(69)53-25-8-4-9-26-53)42-51(44-52)70-75-61-31-14-18-35-65(61)78(70)54-27-10-5-11-28-54/h3-44H,1-2H3. The second kappa shape index (κ2) is 18.6. The molecule has 0 amide bonds. The molecule has 0 spiro atoms. The molecule has 10 aromatic carbocycles. The number of pyridine rings is 2. The SMILES string of the molecule is Cc1cc(-c2ccccc2)c2ccc3c(-c4cccc(-c5ccccc5-n5c(-c6cc(-c7nc8ccccc8n7-c7ccccc7)cc(-c7nc8ccccc8n7-c7ccccc7)c6)nc6ccccc65)c4)cc(C)nc3c2n1. The summed E-state index contributed by atoms with van der Waals surface area (Å²) < 4.78 is 6.86. The van der Waals surface area contributed by atoms with Crippen LogP contribution in [0.4, 0.5) is 0 Å². The van der Waals surface area contributed by atoms with Gasteiger partial charge in [-0.1, -0.05) is 152 Å². The molecular weight excluding hydrogens is 965 g/mol. The van der Waals surface area contributed by atoms with Gasteiger partial charge in [-0.2, -0.15) is 0 Å². The summed E-state index contributed by atoms with van der Waals surface area (Å²) in [4.78, 5) is 26.8. The van der Waals surface area contributed by atoms with E-state index >= 15 is 0 Å². The van der Waals surface area contributed by atoms with Crippen molar-refractivity contribution in [2.45, 2.75) is 13.8 Å². The molecule has 79 heavy (non-hydrogen) atoms. The zero-order chi connectivity index (χ0) is 52.6. The first-order chi connectivity index (χ1) is 39.0. The number of nitrogens with zero attached hydrogens (tertiary/aromatic N) is 8. The van der Waals surface area contributed by atoms with E-state index in [1.165, 1.54) is 0 Å². The lowest BCUT2D eigenvalue weighted by Gasteiger charge is -2.18. The Bertz CT molecular complexity index is 4720. The number of hydrogen-bond acceptors (Lipinski definition) is 5. The van der Waals surface area contributed by atoms with Crippen molar-refractivity contribution < 1.29 is 0 Å². The van der Waals surface area contributed by atoms with Gasteiger partial charge in [0.15, 0.2) is 0 Å². The summed E-state index contributed by atoms with van der Waals surface area (Å²) in [5.41, 5.74) is 21.8. The number of aryl methyl sites for hydroxylation is 2. The van der Waals surface area contributed by atoms with Gasteiger partial charge in [-0.15, -0.1) is 0 Å². The molecule has 5 aromatic heterocycles. The van der Waals surface area contributed by atoms with Crippen LogP contribution in [0.15, 0.2) is 255 Å². The summed E-state index contributed by atoms with van der Waals surface area (Å²) >= 11 is 0. The van der Waals surface area contributed by atoms with Gasteiger partial charge in [0.1, 0.15) is 17.5 Å². The van der Waals surface area contributed by atoms with Crippen LogP contribution in [0.1, 0.15) is 11.4 Å². The zero-order valence-corrected chi connectivity index (χ0v) is 43.3. The Morgan fingerprint density at radius 2 is 0.633 bits per heavy atom. The van der Waals surface area contributed by atoms with E-state index in [1.54, 1.807) is 0 Å². The highest BCUT2D eigenvalue weighted by Gasteiger charge is 2.24. The van der Waals surface area contributed by atoms with Gasteiger partial charge in [-0.3, -0.25) is 23.7 Å². The first-order valence-corrected chi connectivity index (χ1v) is 26.7. The van der Waals surface area contributed by atoms with Crippen LogP contribution in [-0.4, -0.2) is 38.6 Å². The topological polar surface area (TPSA) is 79.2 Å². The molecule has 0 fully saturated rings. The minimum absolute atomic E-state index is 0.790. The van der Waals surface area contributed by atoms with E-state index in [9.17, 15) is 0 Å². The van der Waals surface area contributed by atoms with Gasteiger partial charge < -0.3 is 0 Å². The van der Waals surface area contributed by atoms with E-state index in [4.69, 9.17) is 24.9 Å². The Morgan fingerprint density at radius 1 is 0.266 bits per heavy atom. The Labute approximate surface area is 455 Å². The Morgan fingerprint density at radius 3 is 1.14 bits per heavy atom. The first kappa shape index (κ1) is 45.8. The fourth-order valence-corrected chi connectivity index (χ4v) is 11.7. The van der Waals surface area contributed by atoms with E-state index in [1.807, 2.05) is 0 Å². The van der Waals surface area contributed by atoms with Crippen LogP contribution in [-0.2, 0) is 0 Å². The highest BCUT2D eigenvalue weighted by molar-refractivity contribution is 6.12. The highest BCUT2D eigenvalue weighted by Crippen LogP contribution is 2.42. The largest absolute Gasteiger partial charge is 0.292 e. The summed E-state index contributed by atoms with van der Waals surface area (Å²) in [5, 5.41) is 2.14. The van der Waals surface area contributed by atoms with Crippen molar-refractivity contribution in [3.05, 3.63) is 266 Å². The molecule has 8 nitrogen and oxygen atoms in total. The maximum absolute atomic E-state index is 5.57. The van der Waals surface area contributed by atoms with Crippen LogP contribution < -0.4 is 0 Å². The van der Waals surface area contributed by atoms with Crippen LogP contribution in [0.3, 0.4) is 0 Å². The normalized spacial score (nSPS) is 11.7. The Kier molecular flexibility index (Phi) is 10.8. The quantitative estimate of drug-likeness (QED) is 0.135. The van der Waals surface area contributed by atoms with Gasteiger partial charge in [0, 0.05) is 55.8 Å². The van der Waals surface area contributed by atoms with Crippen molar-refractivity contribution in [1.82, 2.24) is 38.6 Å². The summed E-state index contributed by atoms with van der Waals surface area (Å²) in [6.07, 6.45) is 0. The third-order valence-electron chi connectivity index (χ3n) is 15.1. The molecule has 15 aromatic rings. The number of benzene rings is 10. The highest BCUT2D eigenvalue weighted by atomic mass is 15.1. The smallest absolute Gasteiger partial charge is 0.145 e. The maximum atomic E-state index is 5.57. The van der Waals surface area contributed by atoms with E-state index in [0.29, 0.717) is 0 Å². The molecule has 0 saturated carbocycles. The molecule has 0 aliphatic rings. The summed E-state index contributed by atoms with van der Waals surface area (Å²) in [6, 6.07) is 89.8. The minimum atomic E-state index is 0.790. The van der Waals surface area contributed by atoms with Crippen molar-refractivity contribution >= 4 is 54.9 Å². The number of imidazole rings is 3. The second-order valence-electron chi connectivity index (χ2n) is 20.2. The van der Waals surface area contributed by atoms with Crippen LogP contribution in [0.25, 0.3) is 140 Å². The number of fused-ring (bicyclic) bond motifs is 6. The molecular formula is C71H48N8. The van der Waals surface area contributed by atoms with Crippen molar-refractivity contribution in [1.29, 1.82) is 0 Å². The Balaban J connectivity index is 0.943. The van der Waals surface area contributed by atoms with Crippen LogP contribution in [0, 0.1) is 13.8 Å². The van der Waals surface area contributed by atoms with Gasteiger partial charge >= 0.3 is 0 Å². The van der Waals surface area contributed by atoms with Gasteiger partial charge in [-0.25, -0.2) is 15.0 Å². The van der Waals surface area contributed by atoms with Crippen molar-refractivity contribution in [2.24, 2.45) is 0 Å². The predicted octanol–water partition coefficient (Wildman–Crippen LogP) is 17.4. The molecule has 0 bridgehead atoms. The van der Waals surface area contributed by atoms with Crippen LogP contribution in [0.2, 0.25) is 0 Å². The van der Waals surface area contributed by atoms with E-state index < -0.39 is 0 Å². The molecule has 8 heteroatoms. The predicted molar refractivity (Wildman–Crippen MR) is 323 cm³/mol. The third-order valence-corrected chi connectivity index (χ3v) is 15.1. The monoisotopic (exact) mass is 1010 g/mol. The van der Waals surface area contributed by atoms with Crippen molar-refractivity contribution in [3.8, 4) is 84.6 Å². The number of rotatable bonds is 9. The van der Waals surface area contributed by atoms with Gasteiger partial charge in [0.2, 0.25) is 0 Å². The second-order valence-corrected chi connectivity index (χ2v) is 20.2. The number of hydrogen-bond donors (Lipinski definition) is 0. The molecule has 5 heterocycles. The van der Waals surface area contributed by atoms with Gasteiger partial charge in [0.25, 0.3) is 0 Å². The van der Waals surface area contributed by atoms with Gasteiger partial charge in [0.05, 0.1) is 49.8 Å². The lowest BCUT2D eigenvalue weighted by atomic mass is 9.93. The molecule has 0 unspecified atom stereocenters. The molecule has 0 aliphatic carbocycles. The Hall–Kier alpha value is -10.6. The first-order valence-electron chi connectivity index (χ1n) is 26.7. The summed E-state index contributed by atoms with van der Waals surface area (Å²) in [5.74, 6) is 2.41. The molecule has 15 rings (SSSR count). The number of para-hydroxylation sites is 9. The van der Waals surface area contributed by atoms with Gasteiger partial charge in [-0.05, 0) is 145 Å². The van der Waals surface area contributed by atoms with E-state index in [2.05, 4.69) is 282 Å². The summed E-state index contributed by atoms with van der Waals surface area (Å²) in [7, 11) is 0. The lowest BCUT2D eigenvalue weighted by molar-refractivity contribution is 1.09. The van der Waals surface area contributed by atoms with Crippen LogP contribution in [0.5, 0.6) is 0 Å². The van der Waals surface area contributed by atoms with Crippen molar-refractivity contribution in [3.63, 3.8) is 0 Å². The minimum Gasteiger partial charge on any atom is -0.292 e. The molecule has 0 radical (unpaired) electrons. The van der Waals surface area contributed by atoms with Crippen molar-refractivity contribution in [2.75, 3.05) is 0 Å². The fourth-order valence-electron chi connectivity index (χ4n) is 11.7. The van der Waals surface area contributed by atoms with E-state index in [0.717, 1.165) is 151 Å². The lowest BCUT2D eigenvalue weighted by Crippen LogP contribution is -2.03. The molecule has 0 N–H and O–H groups in total.